The normalized spacial score (nSPS) is 16.3. The third kappa shape index (κ3) is 3.62. The fourth-order valence-electron chi connectivity index (χ4n) is 0.872. The molecule has 0 bridgehead atoms. The lowest BCUT2D eigenvalue weighted by Gasteiger charge is -2.32. The first-order valence-corrected chi connectivity index (χ1v) is 6.01. The molecule has 0 amide bonds. The van der Waals surface area contributed by atoms with Crippen molar-refractivity contribution < 1.29 is 8.42 Å². The molecule has 0 aromatic rings. The molecule has 0 aliphatic carbocycles. The fraction of sp³-hybridized carbons (Fsp3) is 0.875. The summed E-state index contributed by atoms with van der Waals surface area (Å²) in [5.41, 5.74) is 4.82. The summed E-state index contributed by atoms with van der Waals surface area (Å²) in [5.74, 6) is -0.462. The molecule has 1 atom stereocenters. The number of hydrogen-bond acceptors (Lipinski definition) is 4. The molecule has 0 spiro atoms. The molecule has 0 aromatic carbocycles. The van der Waals surface area contributed by atoms with Crippen molar-refractivity contribution in [3.8, 4) is 6.07 Å². The van der Waals surface area contributed by atoms with Crippen LogP contribution < -0.4 is 10.5 Å². The monoisotopic (exact) mass is 219 g/mol. The van der Waals surface area contributed by atoms with Gasteiger partial charge in [-0.2, -0.15) is 5.26 Å². The van der Waals surface area contributed by atoms with Gasteiger partial charge in [0.05, 0.1) is 6.07 Å². The van der Waals surface area contributed by atoms with Crippen molar-refractivity contribution in [1.82, 2.24) is 4.72 Å². The highest BCUT2D eigenvalue weighted by molar-refractivity contribution is 7.89. The maximum atomic E-state index is 11.3. The molecule has 0 aliphatic heterocycles. The molecule has 0 saturated heterocycles. The quantitative estimate of drug-likeness (QED) is 0.669. The maximum Gasteiger partial charge on any atom is 0.225 e. The van der Waals surface area contributed by atoms with Gasteiger partial charge in [-0.1, -0.05) is 13.8 Å². The molecule has 82 valence electrons. The second-order valence-electron chi connectivity index (χ2n) is 3.80. The lowest BCUT2D eigenvalue weighted by molar-refractivity contribution is 0.315. The first-order chi connectivity index (χ1) is 6.27. The summed E-state index contributed by atoms with van der Waals surface area (Å²) in [7, 11) is -3.54. The molecule has 3 N–H and O–H groups in total. The Morgan fingerprint density at radius 3 is 2.36 bits per heavy atom. The van der Waals surface area contributed by atoms with E-state index in [0.717, 1.165) is 0 Å². The van der Waals surface area contributed by atoms with Gasteiger partial charge >= 0.3 is 0 Å². The molecule has 0 radical (unpaired) electrons. The molecular weight excluding hydrogens is 202 g/mol. The number of hydrogen-bond donors (Lipinski definition) is 2. The predicted octanol–water partition coefficient (Wildman–Crippen LogP) is -0.197. The van der Waals surface area contributed by atoms with Crippen molar-refractivity contribution in [2.24, 2.45) is 11.7 Å². The van der Waals surface area contributed by atoms with Gasteiger partial charge in [0, 0.05) is 12.1 Å². The van der Waals surface area contributed by atoms with Crippen LogP contribution in [0.4, 0.5) is 0 Å². The number of nitrogens with zero attached hydrogens (tertiary/aromatic N) is 1. The Labute approximate surface area is 85.3 Å². The molecule has 0 aromatic heterocycles. The molecule has 0 aliphatic rings. The largest absolute Gasteiger partial charge is 0.329 e. The highest BCUT2D eigenvalue weighted by atomic mass is 32.2. The van der Waals surface area contributed by atoms with Crippen molar-refractivity contribution in [1.29, 1.82) is 5.26 Å². The number of nitrogens with one attached hydrogen (secondary N) is 1. The Bertz CT molecular complexity index is 318. The minimum atomic E-state index is -3.54. The van der Waals surface area contributed by atoms with Gasteiger partial charge in [-0.15, -0.1) is 0 Å². The van der Waals surface area contributed by atoms with Crippen LogP contribution >= 0.6 is 0 Å². The van der Waals surface area contributed by atoms with E-state index in [9.17, 15) is 8.42 Å². The van der Waals surface area contributed by atoms with Gasteiger partial charge in [0.1, 0.15) is 0 Å². The van der Waals surface area contributed by atoms with Gasteiger partial charge < -0.3 is 5.73 Å². The molecule has 0 fully saturated rings. The summed E-state index contributed by atoms with van der Waals surface area (Å²) in [6, 6.07) is 1.60. The average molecular weight is 219 g/mol. The van der Waals surface area contributed by atoms with E-state index in [1.165, 1.54) is 0 Å². The Kier molecular flexibility index (Phi) is 4.52. The minimum absolute atomic E-state index is 0.0703. The first kappa shape index (κ1) is 13.4. The summed E-state index contributed by atoms with van der Waals surface area (Å²) >= 11 is 0. The van der Waals surface area contributed by atoms with Crippen LogP contribution in [-0.4, -0.2) is 26.3 Å². The van der Waals surface area contributed by atoms with E-state index in [2.05, 4.69) is 4.72 Å². The number of nitriles is 1. The number of rotatable bonds is 5. The highest BCUT2D eigenvalue weighted by Crippen LogP contribution is 2.15. The topological polar surface area (TPSA) is 96.0 Å². The van der Waals surface area contributed by atoms with Gasteiger partial charge in [-0.25, -0.2) is 13.1 Å². The number of nitrogens with two attached hydrogens (primary N) is 1. The van der Waals surface area contributed by atoms with Crippen LogP contribution in [0.15, 0.2) is 0 Å². The van der Waals surface area contributed by atoms with E-state index in [1.807, 2.05) is 13.8 Å². The minimum Gasteiger partial charge on any atom is -0.329 e. The average Bonchev–Trinajstić information content (AvgIpc) is 2.02. The molecular formula is C8H17N3O2S. The van der Waals surface area contributed by atoms with Gasteiger partial charge in [0.2, 0.25) is 10.0 Å². The van der Waals surface area contributed by atoms with E-state index in [1.54, 1.807) is 13.0 Å². The molecule has 0 rings (SSSR count). The van der Waals surface area contributed by atoms with Crippen LogP contribution in [0.2, 0.25) is 0 Å². The smallest absolute Gasteiger partial charge is 0.225 e. The molecule has 0 heterocycles. The van der Waals surface area contributed by atoms with Crippen LogP contribution in [0.25, 0.3) is 0 Å². The van der Waals surface area contributed by atoms with Crippen LogP contribution in [0.1, 0.15) is 20.8 Å². The summed E-state index contributed by atoms with van der Waals surface area (Å²) < 4.78 is 25.1. The van der Waals surface area contributed by atoms with Gasteiger partial charge in [0.15, 0.2) is 5.75 Å². The lowest BCUT2D eigenvalue weighted by Crippen LogP contribution is -2.55. The van der Waals surface area contributed by atoms with E-state index in [4.69, 9.17) is 11.0 Å². The SMILES string of the molecule is CC(C)C(C)(CN)NS(=O)(=O)CC#N. The second-order valence-corrected chi connectivity index (χ2v) is 5.52. The predicted molar refractivity (Wildman–Crippen MR) is 54.8 cm³/mol. The summed E-state index contributed by atoms with van der Waals surface area (Å²) in [6.45, 7) is 5.69. The van der Waals surface area contributed by atoms with E-state index in [0.29, 0.717) is 0 Å². The summed E-state index contributed by atoms with van der Waals surface area (Å²) in [5, 5.41) is 8.31. The van der Waals surface area contributed by atoms with Crippen LogP contribution in [0, 0.1) is 17.2 Å². The van der Waals surface area contributed by atoms with Gasteiger partial charge in [0.25, 0.3) is 0 Å². The van der Waals surface area contributed by atoms with Crippen molar-refractivity contribution in [3.05, 3.63) is 0 Å². The summed E-state index contributed by atoms with van der Waals surface area (Å²) in [4.78, 5) is 0. The molecule has 0 saturated carbocycles. The first-order valence-electron chi connectivity index (χ1n) is 4.36. The molecule has 1 unspecified atom stereocenters. The Hall–Kier alpha value is -0.640. The summed E-state index contributed by atoms with van der Waals surface area (Å²) in [6.07, 6.45) is 0. The van der Waals surface area contributed by atoms with Crippen molar-refractivity contribution in [2.45, 2.75) is 26.3 Å². The lowest BCUT2D eigenvalue weighted by atomic mass is 9.90. The number of sulfonamides is 1. The fourth-order valence-corrected chi connectivity index (χ4v) is 2.14. The third-order valence-corrected chi connectivity index (χ3v) is 3.63. The van der Waals surface area contributed by atoms with Crippen molar-refractivity contribution in [2.75, 3.05) is 12.3 Å². The molecule has 14 heavy (non-hydrogen) atoms. The van der Waals surface area contributed by atoms with Crippen LogP contribution in [0.5, 0.6) is 0 Å². The third-order valence-electron chi connectivity index (χ3n) is 2.34. The Morgan fingerprint density at radius 1 is 1.57 bits per heavy atom. The van der Waals surface area contributed by atoms with Crippen LogP contribution in [-0.2, 0) is 10.0 Å². The molecule has 6 heteroatoms. The zero-order chi connectivity index (χ0) is 11.4. The second kappa shape index (κ2) is 4.73. The standard InChI is InChI=1S/C8H17N3O2S/c1-7(2)8(3,6-10)11-14(12,13)5-4-9/h7,11H,5-6,10H2,1-3H3. The zero-order valence-electron chi connectivity index (χ0n) is 8.74. The van der Waals surface area contributed by atoms with E-state index < -0.39 is 21.3 Å². The molecule has 5 nitrogen and oxygen atoms in total. The van der Waals surface area contributed by atoms with Gasteiger partial charge in [-0.05, 0) is 12.8 Å². The van der Waals surface area contributed by atoms with Crippen molar-refractivity contribution in [3.63, 3.8) is 0 Å². The van der Waals surface area contributed by atoms with Crippen molar-refractivity contribution >= 4 is 10.0 Å². The Balaban J connectivity index is 4.73. The Morgan fingerprint density at radius 2 is 2.07 bits per heavy atom. The van der Waals surface area contributed by atoms with E-state index in [-0.39, 0.29) is 12.5 Å². The maximum absolute atomic E-state index is 11.3. The van der Waals surface area contributed by atoms with E-state index >= 15 is 0 Å². The van der Waals surface area contributed by atoms with Crippen LogP contribution in [0.3, 0.4) is 0 Å². The van der Waals surface area contributed by atoms with Gasteiger partial charge in [-0.3, -0.25) is 0 Å². The zero-order valence-corrected chi connectivity index (χ0v) is 9.56. The highest BCUT2D eigenvalue weighted by Gasteiger charge is 2.31.